The third-order valence-electron chi connectivity index (χ3n) is 2.88. The van der Waals surface area contributed by atoms with Crippen LogP contribution in [-0.2, 0) is 11.3 Å². The molecule has 0 bridgehead atoms. The number of unbranched alkanes of at least 4 members (excludes halogenated alkanes) is 1. The second-order valence-electron chi connectivity index (χ2n) is 4.69. The molecule has 0 aromatic heterocycles. The van der Waals surface area contributed by atoms with Gasteiger partial charge >= 0.3 is 0 Å². The molecule has 1 aromatic rings. The van der Waals surface area contributed by atoms with Gasteiger partial charge in [-0.15, -0.1) is 0 Å². The highest BCUT2D eigenvalue weighted by Gasteiger charge is 2.08. The van der Waals surface area contributed by atoms with Gasteiger partial charge in [0, 0.05) is 12.1 Å². The van der Waals surface area contributed by atoms with E-state index in [1.807, 2.05) is 24.3 Å². The Labute approximate surface area is 120 Å². The number of hydrogen-bond acceptors (Lipinski definition) is 3. The van der Waals surface area contributed by atoms with Crippen LogP contribution in [0.5, 0.6) is 0 Å². The molecule has 0 aliphatic heterocycles. The third kappa shape index (κ3) is 6.37. The van der Waals surface area contributed by atoms with Gasteiger partial charge in [0.1, 0.15) is 6.61 Å². The summed E-state index contributed by atoms with van der Waals surface area (Å²) in [7, 11) is 0. The summed E-state index contributed by atoms with van der Waals surface area (Å²) >= 11 is 0. The Kier molecular flexibility index (Phi) is 7.41. The summed E-state index contributed by atoms with van der Waals surface area (Å²) in [5.41, 5.74) is 7.27. The summed E-state index contributed by atoms with van der Waals surface area (Å²) in [5.74, 6) is 5.17. The number of rotatable bonds is 7. The Bertz CT molecular complexity index is 471. The number of nitrogens with two attached hydrogens (primary N) is 1. The predicted octanol–water partition coefficient (Wildman–Crippen LogP) is 1.12. The Morgan fingerprint density at radius 1 is 1.35 bits per heavy atom. The van der Waals surface area contributed by atoms with E-state index >= 15 is 0 Å². The lowest BCUT2D eigenvalue weighted by molar-refractivity contribution is -0.119. The van der Waals surface area contributed by atoms with E-state index < -0.39 is 0 Å². The van der Waals surface area contributed by atoms with E-state index in [2.05, 4.69) is 23.7 Å². The van der Waals surface area contributed by atoms with Gasteiger partial charge in [-0.3, -0.25) is 9.69 Å². The van der Waals surface area contributed by atoms with Crippen LogP contribution in [0.2, 0.25) is 0 Å². The average molecular weight is 274 g/mol. The number of carbonyl (C=O) groups is 1. The van der Waals surface area contributed by atoms with Crippen molar-refractivity contribution < 1.29 is 9.90 Å². The standard InChI is InChI=1S/C16H22N2O2/c1-2-3-10-18(13-16(17)20)12-15-8-6-14(7-9-15)5-4-11-19/h6-9,19H,2-3,10-13H2,1H3,(H2,17,20). The van der Waals surface area contributed by atoms with Crippen molar-refractivity contribution in [3.8, 4) is 11.8 Å². The zero-order valence-electron chi connectivity index (χ0n) is 11.9. The molecule has 1 amide bonds. The summed E-state index contributed by atoms with van der Waals surface area (Å²) in [4.78, 5) is 13.1. The number of aliphatic hydroxyl groups is 1. The summed E-state index contributed by atoms with van der Waals surface area (Å²) in [6.07, 6.45) is 2.14. The second kappa shape index (κ2) is 9.13. The maximum Gasteiger partial charge on any atom is 0.231 e. The van der Waals surface area contributed by atoms with Gasteiger partial charge in [0.05, 0.1) is 6.54 Å². The minimum absolute atomic E-state index is 0.134. The molecule has 20 heavy (non-hydrogen) atoms. The lowest BCUT2D eigenvalue weighted by Gasteiger charge is -2.20. The first-order valence-corrected chi connectivity index (χ1v) is 6.85. The molecule has 0 heterocycles. The van der Waals surface area contributed by atoms with E-state index in [1.54, 1.807) is 0 Å². The molecule has 0 spiro atoms. The van der Waals surface area contributed by atoms with Crippen molar-refractivity contribution in [1.29, 1.82) is 0 Å². The first-order chi connectivity index (χ1) is 9.65. The highest BCUT2D eigenvalue weighted by atomic mass is 16.2. The van der Waals surface area contributed by atoms with Gasteiger partial charge in [0.25, 0.3) is 0 Å². The largest absolute Gasteiger partial charge is 0.384 e. The fraction of sp³-hybridized carbons (Fsp3) is 0.438. The normalized spacial score (nSPS) is 10.2. The first-order valence-electron chi connectivity index (χ1n) is 6.85. The van der Waals surface area contributed by atoms with Crippen LogP contribution in [0.1, 0.15) is 30.9 Å². The minimum atomic E-state index is -0.300. The van der Waals surface area contributed by atoms with Crippen LogP contribution in [0.3, 0.4) is 0 Å². The van der Waals surface area contributed by atoms with Crippen molar-refractivity contribution in [2.45, 2.75) is 26.3 Å². The van der Waals surface area contributed by atoms with Gasteiger partial charge in [-0.05, 0) is 30.7 Å². The van der Waals surface area contributed by atoms with E-state index in [4.69, 9.17) is 10.8 Å². The van der Waals surface area contributed by atoms with Crippen LogP contribution in [0.25, 0.3) is 0 Å². The Morgan fingerprint density at radius 2 is 2.05 bits per heavy atom. The van der Waals surface area contributed by atoms with Crippen molar-refractivity contribution in [2.75, 3.05) is 19.7 Å². The van der Waals surface area contributed by atoms with Crippen molar-refractivity contribution in [2.24, 2.45) is 5.73 Å². The summed E-state index contributed by atoms with van der Waals surface area (Å²) in [6.45, 7) is 3.84. The van der Waals surface area contributed by atoms with Crippen molar-refractivity contribution in [3.05, 3.63) is 35.4 Å². The topological polar surface area (TPSA) is 66.6 Å². The molecule has 4 nitrogen and oxygen atoms in total. The monoisotopic (exact) mass is 274 g/mol. The molecule has 0 aliphatic carbocycles. The highest BCUT2D eigenvalue weighted by Crippen LogP contribution is 2.08. The molecule has 0 radical (unpaired) electrons. The Hall–Kier alpha value is -1.83. The molecule has 4 heteroatoms. The number of amides is 1. The summed E-state index contributed by atoms with van der Waals surface area (Å²) < 4.78 is 0. The lowest BCUT2D eigenvalue weighted by atomic mass is 10.1. The minimum Gasteiger partial charge on any atom is -0.384 e. The molecule has 0 aliphatic rings. The van der Waals surface area contributed by atoms with Gasteiger partial charge in [0.15, 0.2) is 0 Å². The smallest absolute Gasteiger partial charge is 0.231 e. The van der Waals surface area contributed by atoms with E-state index in [9.17, 15) is 4.79 Å². The van der Waals surface area contributed by atoms with E-state index in [1.165, 1.54) is 0 Å². The number of nitrogens with zero attached hydrogens (tertiary/aromatic N) is 1. The number of primary amides is 1. The molecule has 0 atom stereocenters. The van der Waals surface area contributed by atoms with Crippen LogP contribution in [-0.4, -0.2) is 35.6 Å². The van der Waals surface area contributed by atoms with Crippen LogP contribution < -0.4 is 5.73 Å². The number of aliphatic hydroxyl groups excluding tert-OH is 1. The fourth-order valence-electron chi connectivity index (χ4n) is 1.91. The zero-order valence-corrected chi connectivity index (χ0v) is 11.9. The van der Waals surface area contributed by atoms with E-state index in [-0.39, 0.29) is 19.1 Å². The van der Waals surface area contributed by atoms with Crippen LogP contribution in [0.4, 0.5) is 0 Å². The Balaban J connectivity index is 2.65. The van der Waals surface area contributed by atoms with Gasteiger partial charge in [-0.2, -0.15) is 0 Å². The molecule has 0 saturated carbocycles. The molecule has 108 valence electrons. The summed E-state index contributed by atoms with van der Waals surface area (Å²) in [5, 5.41) is 8.64. The van der Waals surface area contributed by atoms with Gasteiger partial charge in [-0.25, -0.2) is 0 Å². The van der Waals surface area contributed by atoms with Gasteiger partial charge in [-0.1, -0.05) is 37.3 Å². The molecular formula is C16H22N2O2. The average Bonchev–Trinajstić information content (AvgIpc) is 2.43. The number of carbonyl (C=O) groups excluding carboxylic acids is 1. The second-order valence-corrected chi connectivity index (χ2v) is 4.69. The maximum atomic E-state index is 11.1. The first kappa shape index (κ1) is 16.2. The molecule has 1 aromatic carbocycles. The molecule has 0 saturated heterocycles. The highest BCUT2D eigenvalue weighted by molar-refractivity contribution is 5.75. The molecule has 0 fully saturated rings. The van der Waals surface area contributed by atoms with Crippen molar-refractivity contribution >= 4 is 5.91 Å². The van der Waals surface area contributed by atoms with E-state index in [0.717, 1.165) is 30.5 Å². The molecular weight excluding hydrogens is 252 g/mol. The molecule has 1 rings (SSSR count). The SMILES string of the molecule is CCCCN(CC(N)=O)Cc1ccc(C#CCO)cc1. The lowest BCUT2D eigenvalue weighted by Crippen LogP contribution is -2.34. The third-order valence-corrected chi connectivity index (χ3v) is 2.88. The number of hydrogen-bond donors (Lipinski definition) is 2. The van der Waals surface area contributed by atoms with E-state index in [0.29, 0.717) is 6.54 Å². The van der Waals surface area contributed by atoms with Crippen LogP contribution >= 0.6 is 0 Å². The predicted molar refractivity (Wildman–Crippen MR) is 79.8 cm³/mol. The quantitative estimate of drug-likeness (QED) is 0.732. The van der Waals surface area contributed by atoms with Crippen LogP contribution in [0.15, 0.2) is 24.3 Å². The van der Waals surface area contributed by atoms with Crippen LogP contribution in [0, 0.1) is 11.8 Å². The fourth-order valence-corrected chi connectivity index (χ4v) is 1.91. The van der Waals surface area contributed by atoms with Gasteiger partial charge in [0.2, 0.25) is 5.91 Å². The summed E-state index contributed by atoms with van der Waals surface area (Å²) in [6, 6.07) is 7.81. The molecule has 3 N–H and O–H groups in total. The van der Waals surface area contributed by atoms with Crippen molar-refractivity contribution in [3.63, 3.8) is 0 Å². The molecule has 0 unspecified atom stereocenters. The zero-order chi connectivity index (χ0) is 14.8. The van der Waals surface area contributed by atoms with Gasteiger partial charge < -0.3 is 10.8 Å². The Morgan fingerprint density at radius 3 is 2.60 bits per heavy atom. The maximum absolute atomic E-state index is 11.1. The van der Waals surface area contributed by atoms with Crippen molar-refractivity contribution in [1.82, 2.24) is 4.90 Å². The number of benzene rings is 1.